The molecule has 0 aromatic heterocycles. The molecule has 120 valence electrons. The number of carbonyl (C=O) groups excluding carboxylic acids is 1. The maximum absolute atomic E-state index is 12.4. The Morgan fingerprint density at radius 2 is 1.83 bits per heavy atom. The Hall–Kier alpha value is -2.04. The fourth-order valence-electron chi connectivity index (χ4n) is 2.80. The van der Waals surface area contributed by atoms with Gasteiger partial charge in [0.25, 0.3) is 5.91 Å². The number of piperazine rings is 1. The van der Waals surface area contributed by atoms with E-state index in [4.69, 9.17) is 11.6 Å². The second-order valence-corrected chi connectivity index (χ2v) is 6.36. The summed E-state index contributed by atoms with van der Waals surface area (Å²) in [6, 6.07) is 14.9. The predicted octanol–water partition coefficient (Wildman–Crippen LogP) is 1.93. The van der Waals surface area contributed by atoms with Crippen LogP contribution >= 0.6 is 11.6 Å². The maximum atomic E-state index is 12.4. The van der Waals surface area contributed by atoms with Crippen LogP contribution in [0.3, 0.4) is 0 Å². The first-order valence-corrected chi connectivity index (χ1v) is 8.23. The summed E-state index contributed by atoms with van der Waals surface area (Å²) >= 11 is 6.13. The Balaban J connectivity index is 1.83. The van der Waals surface area contributed by atoms with Crippen molar-refractivity contribution in [3.8, 4) is 0 Å². The third-order valence-electron chi connectivity index (χ3n) is 4.20. The molecule has 0 unspecified atom stereocenters. The van der Waals surface area contributed by atoms with Crippen molar-refractivity contribution in [2.75, 3.05) is 43.4 Å². The van der Waals surface area contributed by atoms with E-state index in [1.54, 1.807) is 12.1 Å². The average molecular weight is 331 g/mol. The summed E-state index contributed by atoms with van der Waals surface area (Å²) < 4.78 is 0. The van der Waals surface area contributed by atoms with Gasteiger partial charge in [0.2, 0.25) is 0 Å². The molecule has 2 aromatic carbocycles. The molecule has 2 N–H and O–H groups in total. The number of amides is 1. The molecule has 0 atom stereocenters. The topological polar surface area (TPSA) is 36.8 Å². The summed E-state index contributed by atoms with van der Waals surface area (Å²) in [6.07, 6.45) is 0. The van der Waals surface area contributed by atoms with Gasteiger partial charge in [-0.05, 0) is 30.3 Å². The van der Waals surface area contributed by atoms with E-state index < -0.39 is 0 Å². The minimum absolute atomic E-state index is 0.117. The Morgan fingerprint density at radius 1 is 1.13 bits per heavy atom. The van der Waals surface area contributed by atoms with Crippen LogP contribution in [0.15, 0.2) is 48.5 Å². The molecule has 0 aliphatic carbocycles. The number of hydrogen-bond acceptors (Lipinski definition) is 2. The molecule has 1 heterocycles. The van der Waals surface area contributed by atoms with Crippen molar-refractivity contribution in [2.24, 2.45) is 0 Å². The molecule has 0 spiro atoms. The summed E-state index contributed by atoms with van der Waals surface area (Å²) in [5.74, 6) is -0.117. The monoisotopic (exact) mass is 330 g/mol. The molecule has 3 rings (SSSR count). The number of hydrogen-bond donors (Lipinski definition) is 2. The highest BCUT2D eigenvalue weighted by molar-refractivity contribution is 6.31. The minimum atomic E-state index is -0.117. The highest BCUT2D eigenvalue weighted by Crippen LogP contribution is 2.29. The maximum Gasteiger partial charge on any atom is 0.255 e. The zero-order valence-corrected chi connectivity index (χ0v) is 13.9. The summed E-state index contributed by atoms with van der Waals surface area (Å²) in [4.78, 5) is 16.3. The molecule has 2 aromatic rings. The van der Waals surface area contributed by atoms with Crippen LogP contribution < -0.4 is 15.1 Å². The van der Waals surface area contributed by atoms with Gasteiger partial charge in [-0.3, -0.25) is 4.79 Å². The molecule has 0 saturated carbocycles. The summed E-state index contributed by atoms with van der Waals surface area (Å²) in [7, 11) is 2.21. The van der Waals surface area contributed by atoms with Crippen LogP contribution in [0.5, 0.6) is 0 Å². The van der Waals surface area contributed by atoms with Gasteiger partial charge in [-0.2, -0.15) is 0 Å². The van der Waals surface area contributed by atoms with E-state index in [2.05, 4.69) is 17.3 Å². The lowest BCUT2D eigenvalue weighted by Crippen LogP contribution is -3.12. The highest BCUT2D eigenvalue weighted by Gasteiger charge is 2.20. The Morgan fingerprint density at radius 3 is 2.52 bits per heavy atom. The van der Waals surface area contributed by atoms with Crippen LogP contribution in [-0.2, 0) is 0 Å². The van der Waals surface area contributed by atoms with E-state index in [0.29, 0.717) is 10.6 Å². The third-order valence-corrected chi connectivity index (χ3v) is 4.44. The van der Waals surface area contributed by atoms with Gasteiger partial charge in [-0.1, -0.05) is 29.8 Å². The van der Waals surface area contributed by atoms with Gasteiger partial charge in [-0.25, -0.2) is 0 Å². The molecular formula is C18H21ClN3O+. The second kappa shape index (κ2) is 7.02. The van der Waals surface area contributed by atoms with Crippen molar-refractivity contribution >= 4 is 28.9 Å². The Kier molecular flexibility index (Phi) is 4.84. The molecule has 23 heavy (non-hydrogen) atoms. The molecule has 0 bridgehead atoms. The van der Waals surface area contributed by atoms with Gasteiger partial charge in [0.05, 0.1) is 44.6 Å². The summed E-state index contributed by atoms with van der Waals surface area (Å²) in [6.45, 7) is 4.13. The standard InChI is InChI=1S/C18H20ClN3O/c1-21-9-11-22(12-10-21)17-8-7-15(19)13-16(17)20-18(23)14-5-3-2-4-6-14/h2-8,13H,9-12H2,1H3,(H,20,23)/p+1. The molecule has 1 aliphatic rings. The first-order valence-electron chi connectivity index (χ1n) is 7.85. The van der Waals surface area contributed by atoms with Gasteiger partial charge in [0.1, 0.15) is 0 Å². The first-order chi connectivity index (χ1) is 11.1. The molecule has 1 fully saturated rings. The van der Waals surface area contributed by atoms with Crippen molar-refractivity contribution < 1.29 is 9.69 Å². The number of quaternary nitrogens is 1. The first kappa shape index (κ1) is 15.8. The van der Waals surface area contributed by atoms with Crippen molar-refractivity contribution in [3.63, 3.8) is 0 Å². The SMILES string of the molecule is C[NH+]1CCN(c2ccc(Cl)cc2NC(=O)c2ccccc2)CC1. The number of anilines is 2. The highest BCUT2D eigenvalue weighted by atomic mass is 35.5. The lowest BCUT2D eigenvalue weighted by atomic mass is 10.2. The minimum Gasteiger partial charge on any atom is -0.359 e. The zero-order valence-electron chi connectivity index (χ0n) is 13.2. The fourth-order valence-corrected chi connectivity index (χ4v) is 2.97. The van der Waals surface area contributed by atoms with Gasteiger partial charge in [0.15, 0.2) is 0 Å². The lowest BCUT2D eigenvalue weighted by molar-refractivity contribution is -0.880. The summed E-state index contributed by atoms with van der Waals surface area (Å²) in [5, 5.41) is 3.63. The lowest BCUT2D eigenvalue weighted by Gasteiger charge is -2.33. The molecule has 0 radical (unpaired) electrons. The molecule has 1 saturated heterocycles. The van der Waals surface area contributed by atoms with Crippen molar-refractivity contribution in [1.82, 2.24) is 0 Å². The summed E-state index contributed by atoms with van der Waals surface area (Å²) in [5.41, 5.74) is 2.44. The fraction of sp³-hybridized carbons (Fsp3) is 0.278. The van der Waals surface area contributed by atoms with Gasteiger partial charge < -0.3 is 15.1 Å². The second-order valence-electron chi connectivity index (χ2n) is 5.93. The number of carbonyl (C=O) groups is 1. The van der Waals surface area contributed by atoms with Crippen LogP contribution in [0, 0.1) is 0 Å². The van der Waals surface area contributed by atoms with Crippen LogP contribution in [0.2, 0.25) is 5.02 Å². The normalized spacial score (nSPS) is 15.5. The molecular weight excluding hydrogens is 310 g/mol. The molecule has 1 aliphatic heterocycles. The van der Waals surface area contributed by atoms with Crippen LogP contribution in [-0.4, -0.2) is 39.1 Å². The van der Waals surface area contributed by atoms with E-state index in [0.717, 1.165) is 37.6 Å². The van der Waals surface area contributed by atoms with Crippen molar-refractivity contribution in [2.45, 2.75) is 0 Å². The number of benzene rings is 2. The number of likely N-dealkylation sites (N-methyl/N-ethyl adjacent to an activating group) is 1. The van der Waals surface area contributed by atoms with E-state index in [9.17, 15) is 4.79 Å². The van der Waals surface area contributed by atoms with Gasteiger partial charge in [-0.15, -0.1) is 0 Å². The van der Waals surface area contributed by atoms with Crippen LogP contribution in [0.25, 0.3) is 0 Å². The van der Waals surface area contributed by atoms with E-state index in [1.165, 1.54) is 4.90 Å². The van der Waals surface area contributed by atoms with Gasteiger partial charge >= 0.3 is 0 Å². The molecule has 1 amide bonds. The largest absolute Gasteiger partial charge is 0.359 e. The predicted molar refractivity (Wildman–Crippen MR) is 94.7 cm³/mol. The Bertz CT molecular complexity index is 682. The Labute approximate surface area is 141 Å². The van der Waals surface area contributed by atoms with Gasteiger partial charge in [0, 0.05) is 10.6 Å². The van der Waals surface area contributed by atoms with Crippen LogP contribution in [0.4, 0.5) is 11.4 Å². The molecule has 5 heteroatoms. The average Bonchev–Trinajstić information content (AvgIpc) is 2.57. The number of nitrogens with zero attached hydrogens (tertiary/aromatic N) is 1. The third kappa shape index (κ3) is 3.84. The van der Waals surface area contributed by atoms with E-state index >= 15 is 0 Å². The number of halogens is 1. The van der Waals surface area contributed by atoms with E-state index in [1.807, 2.05) is 36.4 Å². The van der Waals surface area contributed by atoms with Crippen LogP contribution in [0.1, 0.15) is 10.4 Å². The number of nitrogens with one attached hydrogen (secondary N) is 2. The van der Waals surface area contributed by atoms with Crippen molar-refractivity contribution in [1.29, 1.82) is 0 Å². The zero-order chi connectivity index (χ0) is 16.2. The quantitative estimate of drug-likeness (QED) is 0.902. The number of rotatable bonds is 3. The molecule has 4 nitrogen and oxygen atoms in total. The van der Waals surface area contributed by atoms with E-state index in [-0.39, 0.29) is 5.91 Å². The van der Waals surface area contributed by atoms with Crippen molar-refractivity contribution in [3.05, 3.63) is 59.1 Å². The smallest absolute Gasteiger partial charge is 0.255 e.